The fraction of sp³-hybridized carbons (Fsp3) is 0.700. The van der Waals surface area contributed by atoms with Crippen molar-refractivity contribution >= 4 is 5.91 Å². The van der Waals surface area contributed by atoms with E-state index in [-0.39, 0.29) is 5.91 Å². The molecule has 0 rings (SSSR count). The summed E-state index contributed by atoms with van der Waals surface area (Å²) in [4.78, 5) is 11.1. The Labute approximate surface area is 80.2 Å². The van der Waals surface area contributed by atoms with Gasteiger partial charge < -0.3 is 10.1 Å². The SMILES string of the molecule is C=C(C)CNC(=O)CCOCCC. The van der Waals surface area contributed by atoms with Crippen molar-refractivity contribution < 1.29 is 9.53 Å². The maximum Gasteiger partial charge on any atom is 0.222 e. The standard InChI is InChI=1S/C10H19NO2/c1-4-6-13-7-5-10(12)11-8-9(2)3/h2,4-8H2,1,3H3,(H,11,12). The van der Waals surface area contributed by atoms with Crippen LogP contribution in [0.2, 0.25) is 0 Å². The third kappa shape index (κ3) is 9.08. The average Bonchev–Trinajstić information content (AvgIpc) is 2.09. The minimum Gasteiger partial charge on any atom is -0.381 e. The maximum absolute atomic E-state index is 11.1. The first-order valence-corrected chi connectivity index (χ1v) is 4.65. The molecule has 3 heteroatoms. The highest BCUT2D eigenvalue weighted by Gasteiger charge is 1.99. The van der Waals surface area contributed by atoms with Crippen molar-refractivity contribution in [3.63, 3.8) is 0 Å². The molecule has 0 unspecified atom stereocenters. The summed E-state index contributed by atoms with van der Waals surface area (Å²) in [5.74, 6) is 0.0269. The minimum atomic E-state index is 0.0269. The predicted octanol–water partition coefficient (Wildman–Crippen LogP) is 1.50. The molecular weight excluding hydrogens is 166 g/mol. The van der Waals surface area contributed by atoms with Crippen LogP contribution in [0.5, 0.6) is 0 Å². The smallest absolute Gasteiger partial charge is 0.222 e. The Morgan fingerprint density at radius 2 is 2.15 bits per heavy atom. The van der Waals surface area contributed by atoms with Crippen LogP contribution in [0.15, 0.2) is 12.2 Å². The summed E-state index contributed by atoms with van der Waals surface area (Å²) >= 11 is 0. The third-order valence-corrected chi connectivity index (χ3v) is 1.41. The van der Waals surface area contributed by atoms with E-state index in [0.29, 0.717) is 19.6 Å². The van der Waals surface area contributed by atoms with Crippen LogP contribution in [-0.2, 0) is 9.53 Å². The lowest BCUT2D eigenvalue weighted by Crippen LogP contribution is -2.25. The van der Waals surface area contributed by atoms with E-state index in [2.05, 4.69) is 11.9 Å². The molecule has 0 spiro atoms. The highest BCUT2D eigenvalue weighted by atomic mass is 16.5. The van der Waals surface area contributed by atoms with Crippen molar-refractivity contribution in [2.45, 2.75) is 26.7 Å². The minimum absolute atomic E-state index is 0.0269. The fourth-order valence-electron chi connectivity index (χ4n) is 0.749. The van der Waals surface area contributed by atoms with Gasteiger partial charge >= 0.3 is 0 Å². The van der Waals surface area contributed by atoms with Gasteiger partial charge in [0, 0.05) is 19.6 Å². The monoisotopic (exact) mass is 185 g/mol. The maximum atomic E-state index is 11.1. The van der Waals surface area contributed by atoms with Crippen LogP contribution in [0, 0.1) is 0 Å². The van der Waals surface area contributed by atoms with Gasteiger partial charge in [-0.25, -0.2) is 0 Å². The second-order valence-electron chi connectivity index (χ2n) is 3.10. The molecule has 13 heavy (non-hydrogen) atoms. The van der Waals surface area contributed by atoms with Gasteiger partial charge in [-0.1, -0.05) is 19.1 Å². The van der Waals surface area contributed by atoms with Gasteiger partial charge in [-0.15, -0.1) is 0 Å². The number of amides is 1. The van der Waals surface area contributed by atoms with Gasteiger partial charge in [-0.2, -0.15) is 0 Å². The highest BCUT2D eigenvalue weighted by molar-refractivity contribution is 5.76. The van der Waals surface area contributed by atoms with E-state index in [1.54, 1.807) is 0 Å². The van der Waals surface area contributed by atoms with Gasteiger partial charge in [0.2, 0.25) is 5.91 Å². The van der Waals surface area contributed by atoms with Gasteiger partial charge in [0.15, 0.2) is 0 Å². The zero-order chi connectivity index (χ0) is 10.1. The van der Waals surface area contributed by atoms with Gasteiger partial charge in [-0.3, -0.25) is 4.79 Å². The summed E-state index contributed by atoms with van der Waals surface area (Å²) in [7, 11) is 0. The summed E-state index contributed by atoms with van der Waals surface area (Å²) < 4.78 is 5.18. The number of nitrogens with one attached hydrogen (secondary N) is 1. The van der Waals surface area contributed by atoms with Crippen molar-refractivity contribution in [1.82, 2.24) is 5.32 Å². The lowest BCUT2D eigenvalue weighted by molar-refractivity contribution is -0.122. The van der Waals surface area contributed by atoms with Gasteiger partial charge in [0.25, 0.3) is 0 Å². The topological polar surface area (TPSA) is 38.3 Å². The Balaban J connectivity index is 3.25. The molecule has 1 N–H and O–H groups in total. The van der Waals surface area contributed by atoms with Crippen molar-refractivity contribution in [3.8, 4) is 0 Å². The van der Waals surface area contributed by atoms with E-state index < -0.39 is 0 Å². The third-order valence-electron chi connectivity index (χ3n) is 1.41. The molecule has 0 heterocycles. The first-order valence-electron chi connectivity index (χ1n) is 4.65. The Morgan fingerprint density at radius 3 is 2.69 bits per heavy atom. The molecule has 0 saturated carbocycles. The number of carbonyl (C=O) groups is 1. The van der Waals surface area contributed by atoms with Crippen LogP contribution in [-0.4, -0.2) is 25.7 Å². The zero-order valence-electron chi connectivity index (χ0n) is 8.56. The van der Waals surface area contributed by atoms with E-state index >= 15 is 0 Å². The lowest BCUT2D eigenvalue weighted by atomic mass is 10.3. The molecular formula is C10H19NO2. The van der Waals surface area contributed by atoms with Crippen LogP contribution in [0.25, 0.3) is 0 Å². The summed E-state index contributed by atoms with van der Waals surface area (Å²) in [6.07, 6.45) is 1.43. The van der Waals surface area contributed by atoms with Crippen molar-refractivity contribution in [1.29, 1.82) is 0 Å². The molecule has 3 nitrogen and oxygen atoms in total. The van der Waals surface area contributed by atoms with Crippen LogP contribution < -0.4 is 5.32 Å². The molecule has 0 aromatic heterocycles. The quantitative estimate of drug-likeness (QED) is 0.482. The predicted molar refractivity (Wildman–Crippen MR) is 53.6 cm³/mol. The molecule has 76 valence electrons. The van der Waals surface area contributed by atoms with Crippen LogP contribution in [0.1, 0.15) is 26.7 Å². The zero-order valence-corrected chi connectivity index (χ0v) is 8.56. The first-order chi connectivity index (χ1) is 6.16. The Hall–Kier alpha value is -0.830. The Kier molecular flexibility index (Phi) is 7.30. The number of hydrogen-bond acceptors (Lipinski definition) is 2. The number of rotatable bonds is 7. The Bertz CT molecular complexity index is 166. The van der Waals surface area contributed by atoms with E-state index in [1.165, 1.54) is 0 Å². The summed E-state index contributed by atoms with van der Waals surface area (Å²) in [6.45, 7) is 9.42. The number of ether oxygens (including phenoxy) is 1. The van der Waals surface area contributed by atoms with Crippen LogP contribution in [0.3, 0.4) is 0 Å². The van der Waals surface area contributed by atoms with Crippen molar-refractivity contribution in [2.75, 3.05) is 19.8 Å². The molecule has 0 fully saturated rings. The molecule has 0 aromatic carbocycles. The molecule has 0 bridgehead atoms. The van der Waals surface area contributed by atoms with Crippen molar-refractivity contribution in [3.05, 3.63) is 12.2 Å². The molecule has 0 saturated heterocycles. The van der Waals surface area contributed by atoms with Crippen molar-refractivity contribution in [2.24, 2.45) is 0 Å². The summed E-state index contributed by atoms with van der Waals surface area (Å²) in [5, 5.41) is 2.74. The molecule has 1 amide bonds. The summed E-state index contributed by atoms with van der Waals surface area (Å²) in [6, 6.07) is 0. The van der Waals surface area contributed by atoms with E-state index in [0.717, 1.165) is 18.6 Å². The van der Waals surface area contributed by atoms with Crippen LogP contribution >= 0.6 is 0 Å². The number of hydrogen-bond donors (Lipinski definition) is 1. The average molecular weight is 185 g/mol. The molecule has 0 aliphatic rings. The van der Waals surface area contributed by atoms with Crippen LogP contribution in [0.4, 0.5) is 0 Å². The van der Waals surface area contributed by atoms with Gasteiger partial charge in [-0.05, 0) is 13.3 Å². The lowest BCUT2D eigenvalue weighted by Gasteiger charge is -2.04. The van der Waals surface area contributed by atoms with E-state index in [9.17, 15) is 4.79 Å². The molecule has 0 aliphatic carbocycles. The van der Waals surface area contributed by atoms with E-state index in [4.69, 9.17) is 4.74 Å². The highest BCUT2D eigenvalue weighted by Crippen LogP contribution is 1.87. The normalized spacial score (nSPS) is 9.69. The van der Waals surface area contributed by atoms with Gasteiger partial charge in [0.05, 0.1) is 6.61 Å². The number of carbonyl (C=O) groups excluding carboxylic acids is 1. The molecule has 0 aromatic rings. The largest absolute Gasteiger partial charge is 0.381 e. The molecule has 0 aliphatic heterocycles. The van der Waals surface area contributed by atoms with E-state index in [1.807, 2.05) is 13.8 Å². The second kappa shape index (κ2) is 7.80. The molecule has 0 radical (unpaired) electrons. The first kappa shape index (κ1) is 12.2. The summed E-state index contributed by atoms with van der Waals surface area (Å²) in [5.41, 5.74) is 0.961. The Morgan fingerprint density at radius 1 is 1.46 bits per heavy atom. The second-order valence-corrected chi connectivity index (χ2v) is 3.10. The fourth-order valence-corrected chi connectivity index (χ4v) is 0.749. The molecule has 0 atom stereocenters. The van der Waals surface area contributed by atoms with Gasteiger partial charge in [0.1, 0.15) is 0 Å².